The number of carbonyl (C=O) groups is 1. The van der Waals surface area contributed by atoms with Gasteiger partial charge in [-0.15, -0.1) is 0 Å². The van der Waals surface area contributed by atoms with Crippen LogP contribution < -0.4 is 4.90 Å². The quantitative estimate of drug-likeness (QED) is 0.392. The molecule has 130 valence electrons. The molecule has 0 bridgehead atoms. The van der Waals surface area contributed by atoms with Gasteiger partial charge in [-0.05, 0) is 30.3 Å². The molecule has 1 heterocycles. The van der Waals surface area contributed by atoms with Crippen LogP contribution in [-0.4, -0.2) is 22.7 Å². The van der Waals surface area contributed by atoms with E-state index in [0.717, 1.165) is 6.07 Å². The third-order valence-electron chi connectivity index (χ3n) is 3.88. The van der Waals surface area contributed by atoms with Gasteiger partial charge in [-0.3, -0.25) is 14.9 Å². The van der Waals surface area contributed by atoms with Crippen molar-refractivity contribution in [1.82, 2.24) is 4.98 Å². The number of aromatic nitrogens is 1. The molecule has 3 aromatic rings. The van der Waals surface area contributed by atoms with Crippen molar-refractivity contribution in [3.8, 4) is 0 Å². The van der Waals surface area contributed by atoms with Gasteiger partial charge in [-0.25, -0.2) is 9.37 Å². The number of rotatable bonds is 5. The average Bonchev–Trinajstić information content (AvgIpc) is 2.66. The second kappa shape index (κ2) is 7.10. The van der Waals surface area contributed by atoms with Gasteiger partial charge >= 0.3 is 5.69 Å². The highest BCUT2D eigenvalue weighted by Gasteiger charge is 2.23. The van der Waals surface area contributed by atoms with E-state index in [0.29, 0.717) is 11.3 Å². The Hall–Kier alpha value is -3.61. The Morgan fingerprint density at radius 2 is 1.88 bits per heavy atom. The number of benzene rings is 2. The molecule has 26 heavy (non-hydrogen) atoms. The van der Waals surface area contributed by atoms with Crippen molar-refractivity contribution in [2.24, 2.45) is 0 Å². The van der Waals surface area contributed by atoms with Gasteiger partial charge in [0, 0.05) is 30.4 Å². The monoisotopic (exact) mass is 351 g/mol. The van der Waals surface area contributed by atoms with E-state index in [-0.39, 0.29) is 22.9 Å². The molecule has 0 fully saturated rings. The lowest BCUT2D eigenvalue weighted by Gasteiger charge is -2.20. The van der Waals surface area contributed by atoms with Crippen molar-refractivity contribution < 1.29 is 14.1 Å². The fourth-order valence-electron chi connectivity index (χ4n) is 2.65. The molecule has 0 atom stereocenters. The SMILES string of the molecule is CN(c1ccccc1C(=O)c1cccc(F)c1)c1ncccc1[N+](=O)[O-]. The zero-order valence-electron chi connectivity index (χ0n) is 13.8. The van der Waals surface area contributed by atoms with Gasteiger partial charge in [-0.1, -0.05) is 24.3 Å². The van der Waals surface area contributed by atoms with Gasteiger partial charge in [0.05, 0.1) is 10.6 Å². The molecular weight excluding hydrogens is 337 g/mol. The van der Waals surface area contributed by atoms with Crippen LogP contribution in [0.5, 0.6) is 0 Å². The van der Waals surface area contributed by atoms with Crippen molar-refractivity contribution in [2.45, 2.75) is 0 Å². The number of pyridine rings is 1. The first-order valence-corrected chi connectivity index (χ1v) is 7.71. The topological polar surface area (TPSA) is 76.3 Å². The van der Waals surface area contributed by atoms with Gasteiger partial charge in [0.25, 0.3) is 0 Å². The minimum Gasteiger partial charge on any atom is -0.323 e. The van der Waals surface area contributed by atoms with E-state index in [2.05, 4.69) is 4.98 Å². The molecule has 0 aliphatic heterocycles. The number of nitrogens with zero attached hydrogens (tertiary/aromatic N) is 3. The zero-order chi connectivity index (χ0) is 18.7. The third kappa shape index (κ3) is 3.27. The van der Waals surface area contributed by atoms with Crippen LogP contribution in [0.2, 0.25) is 0 Å². The number of ketones is 1. The number of carbonyl (C=O) groups excluding carboxylic acids is 1. The van der Waals surface area contributed by atoms with E-state index in [1.807, 2.05) is 0 Å². The molecule has 0 aliphatic carbocycles. The van der Waals surface area contributed by atoms with Gasteiger partial charge in [0.2, 0.25) is 5.82 Å². The lowest BCUT2D eigenvalue weighted by Crippen LogP contribution is -2.17. The smallest absolute Gasteiger partial charge is 0.311 e. The number of anilines is 2. The third-order valence-corrected chi connectivity index (χ3v) is 3.88. The van der Waals surface area contributed by atoms with Crippen molar-refractivity contribution in [1.29, 1.82) is 0 Å². The number of para-hydroxylation sites is 1. The molecule has 0 saturated heterocycles. The van der Waals surface area contributed by atoms with Crippen LogP contribution in [0.15, 0.2) is 66.9 Å². The maximum absolute atomic E-state index is 13.5. The van der Waals surface area contributed by atoms with Gasteiger partial charge < -0.3 is 4.90 Å². The van der Waals surface area contributed by atoms with Crippen LogP contribution in [0.25, 0.3) is 0 Å². The normalized spacial score (nSPS) is 10.4. The van der Waals surface area contributed by atoms with E-state index >= 15 is 0 Å². The molecule has 3 rings (SSSR count). The van der Waals surface area contributed by atoms with E-state index in [9.17, 15) is 19.3 Å². The first-order chi connectivity index (χ1) is 12.5. The van der Waals surface area contributed by atoms with E-state index in [4.69, 9.17) is 0 Å². The average molecular weight is 351 g/mol. The first-order valence-electron chi connectivity index (χ1n) is 7.71. The fraction of sp³-hybridized carbons (Fsp3) is 0.0526. The van der Waals surface area contributed by atoms with Gasteiger partial charge in [0.15, 0.2) is 5.78 Å². The molecule has 0 amide bonds. The summed E-state index contributed by atoms with van der Waals surface area (Å²) in [5.41, 5.74) is 0.744. The summed E-state index contributed by atoms with van der Waals surface area (Å²) >= 11 is 0. The summed E-state index contributed by atoms with van der Waals surface area (Å²) in [5.74, 6) is -0.787. The van der Waals surface area contributed by atoms with E-state index < -0.39 is 10.7 Å². The predicted octanol–water partition coefficient (Wildman–Crippen LogP) is 4.13. The predicted molar refractivity (Wildman–Crippen MR) is 95.2 cm³/mol. The molecule has 0 N–H and O–H groups in total. The maximum atomic E-state index is 13.5. The summed E-state index contributed by atoms with van der Waals surface area (Å²) in [7, 11) is 1.59. The molecular formula is C19H14FN3O3. The van der Waals surface area contributed by atoms with Crippen LogP contribution >= 0.6 is 0 Å². The van der Waals surface area contributed by atoms with E-state index in [1.165, 1.54) is 41.4 Å². The van der Waals surface area contributed by atoms with Gasteiger partial charge in [-0.2, -0.15) is 0 Å². The first kappa shape index (κ1) is 17.2. The summed E-state index contributed by atoms with van der Waals surface area (Å²) in [6, 6.07) is 14.8. The Kier molecular flexibility index (Phi) is 4.70. The Morgan fingerprint density at radius 3 is 2.62 bits per heavy atom. The standard InChI is InChI=1S/C19H14FN3O3/c1-22(19-17(23(25)26)10-5-11-21-19)16-9-3-2-8-15(16)18(24)13-6-4-7-14(20)12-13/h2-12H,1H3. The van der Waals surface area contributed by atoms with Crippen LogP contribution in [0, 0.1) is 15.9 Å². The summed E-state index contributed by atoms with van der Waals surface area (Å²) in [4.78, 5) is 29.1. The molecule has 7 heteroatoms. The Bertz CT molecular complexity index is 991. The zero-order valence-corrected chi connectivity index (χ0v) is 13.8. The molecule has 0 spiro atoms. The number of hydrogen-bond donors (Lipinski definition) is 0. The summed E-state index contributed by atoms with van der Waals surface area (Å²) in [6.07, 6.45) is 1.44. The molecule has 0 radical (unpaired) electrons. The molecule has 0 aliphatic rings. The molecule has 0 saturated carbocycles. The Morgan fingerprint density at radius 1 is 1.12 bits per heavy atom. The lowest BCUT2D eigenvalue weighted by atomic mass is 10.0. The summed E-state index contributed by atoms with van der Waals surface area (Å²) in [5, 5.41) is 11.3. The van der Waals surface area contributed by atoms with Crippen LogP contribution in [0.4, 0.5) is 21.6 Å². The number of halogens is 1. The Labute approximate surface area is 148 Å². The van der Waals surface area contributed by atoms with Crippen molar-refractivity contribution in [3.63, 3.8) is 0 Å². The summed E-state index contributed by atoms with van der Waals surface area (Å²) < 4.78 is 13.5. The van der Waals surface area contributed by atoms with Crippen LogP contribution in [0.3, 0.4) is 0 Å². The highest BCUT2D eigenvalue weighted by Crippen LogP contribution is 2.32. The molecule has 1 aromatic heterocycles. The number of nitro groups is 1. The minimum absolute atomic E-state index is 0.108. The Balaban J connectivity index is 2.08. The minimum atomic E-state index is -0.532. The lowest BCUT2D eigenvalue weighted by molar-refractivity contribution is -0.384. The van der Waals surface area contributed by atoms with Crippen LogP contribution in [0.1, 0.15) is 15.9 Å². The highest BCUT2D eigenvalue weighted by molar-refractivity contribution is 6.12. The second-order valence-electron chi connectivity index (χ2n) is 5.52. The second-order valence-corrected chi connectivity index (χ2v) is 5.52. The highest BCUT2D eigenvalue weighted by atomic mass is 19.1. The van der Waals surface area contributed by atoms with Crippen molar-refractivity contribution in [2.75, 3.05) is 11.9 Å². The van der Waals surface area contributed by atoms with Crippen molar-refractivity contribution in [3.05, 3.63) is 93.9 Å². The van der Waals surface area contributed by atoms with Crippen LogP contribution in [-0.2, 0) is 0 Å². The summed E-state index contributed by atoms with van der Waals surface area (Å²) in [6.45, 7) is 0. The van der Waals surface area contributed by atoms with E-state index in [1.54, 1.807) is 31.3 Å². The molecule has 6 nitrogen and oxygen atoms in total. The molecule has 0 unspecified atom stereocenters. The van der Waals surface area contributed by atoms with Gasteiger partial charge in [0.1, 0.15) is 5.82 Å². The number of hydrogen-bond acceptors (Lipinski definition) is 5. The maximum Gasteiger partial charge on any atom is 0.311 e. The largest absolute Gasteiger partial charge is 0.323 e. The van der Waals surface area contributed by atoms with Crippen molar-refractivity contribution >= 4 is 23.0 Å². The fourth-order valence-corrected chi connectivity index (χ4v) is 2.65. The molecule has 2 aromatic carbocycles.